The third kappa shape index (κ3) is 4.51. The van der Waals surface area contributed by atoms with E-state index in [-0.39, 0.29) is 0 Å². The van der Waals surface area contributed by atoms with Gasteiger partial charge in [0.2, 0.25) is 0 Å². The molecular formula is C19H20ClN3O2S. The van der Waals surface area contributed by atoms with E-state index in [1.807, 2.05) is 60.1 Å². The number of rotatable bonds is 8. The van der Waals surface area contributed by atoms with E-state index in [9.17, 15) is 0 Å². The molecule has 0 spiro atoms. The molecule has 1 heterocycles. The number of hydrogen-bond donors (Lipinski definition) is 0. The second kappa shape index (κ2) is 8.96. The molecule has 0 saturated carbocycles. The van der Waals surface area contributed by atoms with E-state index in [4.69, 9.17) is 21.1 Å². The highest BCUT2D eigenvalue weighted by Crippen LogP contribution is 2.28. The fourth-order valence-electron chi connectivity index (χ4n) is 2.40. The molecular weight excluding hydrogens is 370 g/mol. The second-order valence-electron chi connectivity index (χ2n) is 5.57. The lowest BCUT2D eigenvalue weighted by Gasteiger charge is -2.07. The molecule has 26 heavy (non-hydrogen) atoms. The fourth-order valence-corrected chi connectivity index (χ4v) is 3.45. The van der Waals surface area contributed by atoms with Gasteiger partial charge in [-0.1, -0.05) is 35.5 Å². The number of hydrogen-bond acceptors (Lipinski definition) is 5. The highest BCUT2D eigenvalue weighted by atomic mass is 35.5. The van der Waals surface area contributed by atoms with Crippen LogP contribution in [0.15, 0.2) is 53.7 Å². The van der Waals surface area contributed by atoms with E-state index in [0.717, 1.165) is 40.2 Å². The average molecular weight is 390 g/mol. The van der Waals surface area contributed by atoms with E-state index in [1.54, 1.807) is 18.9 Å². The molecule has 0 amide bonds. The van der Waals surface area contributed by atoms with Crippen molar-refractivity contribution in [3.8, 4) is 22.9 Å². The average Bonchev–Trinajstić information content (AvgIpc) is 3.03. The van der Waals surface area contributed by atoms with Gasteiger partial charge in [-0.3, -0.25) is 0 Å². The molecule has 136 valence electrons. The van der Waals surface area contributed by atoms with Gasteiger partial charge in [0.05, 0.1) is 18.7 Å². The zero-order chi connectivity index (χ0) is 18.4. The van der Waals surface area contributed by atoms with Crippen molar-refractivity contribution < 1.29 is 9.47 Å². The summed E-state index contributed by atoms with van der Waals surface area (Å²) in [5.74, 6) is 3.33. The lowest BCUT2D eigenvalue weighted by atomic mass is 10.2. The SMILES string of the molecule is COc1ccc(OCCCSc2nnc(-c3ccccc3Cl)n2C)cc1. The van der Waals surface area contributed by atoms with Crippen LogP contribution in [-0.4, -0.2) is 34.2 Å². The van der Waals surface area contributed by atoms with E-state index in [0.29, 0.717) is 11.6 Å². The Hall–Kier alpha value is -2.18. The van der Waals surface area contributed by atoms with E-state index in [2.05, 4.69) is 10.2 Å². The van der Waals surface area contributed by atoms with E-state index >= 15 is 0 Å². The Kier molecular flexibility index (Phi) is 6.41. The first-order chi connectivity index (χ1) is 12.7. The third-order valence-corrected chi connectivity index (χ3v) is 5.23. The minimum atomic E-state index is 0.647. The van der Waals surface area contributed by atoms with Gasteiger partial charge in [0, 0.05) is 18.4 Å². The molecule has 7 heteroatoms. The summed E-state index contributed by atoms with van der Waals surface area (Å²) >= 11 is 7.91. The minimum Gasteiger partial charge on any atom is -0.497 e. The van der Waals surface area contributed by atoms with Crippen LogP contribution in [0.3, 0.4) is 0 Å². The first kappa shape index (κ1) is 18.6. The zero-order valence-corrected chi connectivity index (χ0v) is 16.3. The van der Waals surface area contributed by atoms with Crippen LogP contribution >= 0.6 is 23.4 Å². The molecule has 0 bridgehead atoms. The first-order valence-corrected chi connectivity index (χ1v) is 9.59. The molecule has 0 aliphatic rings. The Morgan fingerprint density at radius 1 is 1.04 bits per heavy atom. The predicted molar refractivity (Wildman–Crippen MR) is 105 cm³/mol. The van der Waals surface area contributed by atoms with Gasteiger partial charge in [0.15, 0.2) is 11.0 Å². The zero-order valence-electron chi connectivity index (χ0n) is 14.7. The number of ether oxygens (including phenoxy) is 2. The molecule has 0 aliphatic carbocycles. The molecule has 0 fully saturated rings. The highest BCUT2D eigenvalue weighted by Gasteiger charge is 2.13. The molecule has 5 nitrogen and oxygen atoms in total. The van der Waals surface area contributed by atoms with Crippen molar-refractivity contribution in [2.75, 3.05) is 19.5 Å². The maximum Gasteiger partial charge on any atom is 0.191 e. The normalized spacial score (nSPS) is 10.7. The molecule has 0 aliphatic heterocycles. The number of methoxy groups -OCH3 is 1. The van der Waals surface area contributed by atoms with Gasteiger partial charge in [-0.15, -0.1) is 10.2 Å². The van der Waals surface area contributed by atoms with Crippen LogP contribution in [0, 0.1) is 0 Å². The Bertz CT molecular complexity index is 852. The predicted octanol–water partition coefficient (Wildman–Crippen LogP) is 4.71. The van der Waals surface area contributed by atoms with Crippen LogP contribution in [0.4, 0.5) is 0 Å². The van der Waals surface area contributed by atoms with Gasteiger partial charge in [-0.05, 0) is 42.8 Å². The Balaban J connectivity index is 1.49. The fraction of sp³-hybridized carbons (Fsp3) is 0.263. The lowest BCUT2D eigenvalue weighted by Crippen LogP contribution is -2.00. The van der Waals surface area contributed by atoms with Crippen LogP contribution in [0.1, 0.15) is 6.42 Å². The molecule has 2 aromatic carbocycles. The lowest BCUT2D eigenvalue weighted by molar-refractivity contribution is 0.318. The highest BCUT2D eigenvalue weighted by molar-refractivity contribution is 7.99. The van der Waals surface area contributed by atoms with Crippen LogP contribution < -0.4 is 9.47 Å². The van der Waals surface area contributed by atoms with Crippen molar-refractivity contribution in [3.63, 3.8) is 0 Å². The summed E-state index contributed by atoms with van der Waals surface area (Å²) in [7, 11) is 3.60. The van der Waals surface area contributed by atoms with Gasteiger partial charge in [0.1, 0.15) is 11.5 Å². The maximum absolute atomic E-state index is 6.25. The summed E-state index contributed by atoms with van der Waals surface area (Å²) in [4.78, 5) is 0. The van der Waals surface area contributed by atoms with Crippen LogP contribution in [0.2, 0.25) is 5.02 Å². The van der Waals surface area contributed by atoms with Crippen LogP contribution in [0.25, 0.3) is 11.4 Å². The van der Waals surface area contributed by atoms with Crippen LogP contribution in [0.5, 0.6) is 11.5 Å². The molecule has 0 N–H and O–H groups in total. The molecule has 0 atom stereocenters. The number of halogens is 1. The van der Waals surface area contributed by atoms with Crippen molar-refractivity contribution in [3.05, 3.63) is 53.6 Å². The molecule has 0 radical (unpaired) electrons. The third-order valence-electron chi connectivity index (χ3n) is 3.80. The Labute approximate surface area is 162 Å². The minimum absolute atomic E-state index is 0.647. The first-order valence-electron chi connectivity index (χ1n) is 8.23. The number of aromatic nitrogens is 3. The monoisotopic (exact) mass is 389 g/mol. The second-order valence-corrected chi connectivity index (χ2v) is 7.04. The van der Waals surface area contributed by atoms with E-state index < -0.39 is 0 Å². The summed E-state index contributed by atoms with van der Waals surface area (Å²) in [5, 5.41) is 10.1. The quantitative estimate of drug-likeness (QED) is 0.412. The van der Waals surface area contributed by atoms with Gasteiger partial charge < -0.3 is 14.0 Å². The van der Waals surface area contributed by atoms with E-state index in [1.165, 1.54) is 0 Å². The number of nitrogens with zero attached hydrogens (tertiary/aromatic N) is 3. The topological polar surface area (TPSA) is 49.2 Å². The molecule has 1 aromatic heterocycles. The van der Waals surface area contributed by atoms with Crippen molar-refractivity contribution >= 4 is 23.4 Å². The molecule has 3 rings (SSSR count). The van der Waals surface area contributed by atoms with Crippen molar-refractivity contribution in [1.29, 1.82) is 0 Å². The maximum atomic E-state index is 6.25. The van der Waals surface area contributed by atoms with Gasteiger partial charge in [-0.25, -0.2) is 0 Å². The Morgan fingerprint density at radius 2 is 1.77 bits per heavy atom. The van der Waals surface area contributed by atoms with Gasteiger partial charge in [-0.2, -0.15) is 0 Å². The van der Waals surface area contributed by atoms with Gasteiger partial charge in [0.25, 0.3) is 0 Å². The van der Waals surface area contributed by atoms with Crippen LogP contribution in [-0.2, 0) is 7.05 Å². The molecule has 3 aromatic rings. The Morgan fingerprint density at radius 3 is 2.50 bits per heavy atom. The summed E-state index contributed by atoms with van der Waals surface area (Å²) in [6.07, 6.45) is 0.908. The van der Waals surface area contributed by atoms with Crippen molar-refractivity contribution in [1.82, 2.24) is 14.8 Å². The molecule has 0 saturated heterocycles. The summed E-state index contributed by atoms with van der Waals surface area (Å²) in [6, 6.07) is 15.2. The standard InChI is InChI=1S/C19H20ClN3O2S/c1-23-18(16-6-3-4-7-17(16)20)21-22-19(23)26-13-5-12-25-15-10-8-14(24-2)9-11-15/h3-4,6-11H,5,12-13H2,1-2H3. The smallest absolute Gasteiger partial charge is 0.191 e. The summed E-state index contributed by atoms with van der Waals surface area (Å²) < 4.78 is 12.8. The summed E-state index contributed by atoms with van der Waals surface area (Å²) in [5.41, 5.74) is 0.888. The van der Waals surface area contributed by atoms with Crippen molar-refractivity contribution in [2.45, 2.75) is 11.6 Å². The largest absolute Gasteiger partial charge is 0.497 e. The molecule has 0 unspecified atom stereocenters. The summed E-state index contributed by atoms with van der Waals surface area (Å²) in [6.45, 7) is 0.647. The number of benzene rings is 2. The van der Waals surface area contributed by atoms with Gasteiger partial charge >= 0.3 is 0 Å². The number of thioether (sulfide) groups is 1. The van der Waals surface area contributed by atoms with Crippen molar-refractivity contribution in [2.24, 2.45) is 7.05 Å².